The Morgan fingerprint density at radius 1 is 1.44 bits per heavy atom. The van der Waals surface area contributed by atoms with Crippen molar-refractivity contribution < 1.29 is 27.8 Å². The molecule has 2 aromatic rings. The van der Waals surface area contributed by atoms with E-state index in [-0.39, 0.29) is 12.4 Å². The second-order valence-electron chi connectivity index (χ2n) is 5.94. The van der Waals surface area contributed by atoms with E-state index in [0.29, 0.717) is 25.0 Å². The van der Waals surface area contributed by atoms with Gasteiger partial charge < -0.3 is 14.4 Å². The van der Waals surface area contributed by atoms with Gasteiger partial charge in [0.1, 0.15) is 12.4 Å². The number of hydrogen-bond acceptors (Lipinski definition) is 4. The third-order valence-corrected chi connectivity index (χ3v) is 4.08. The Morgan fingerprint density at radius 2 is 2.24 bits per heavy atom. The standard InChI is InChI=1S/C15H17F3N4O3/c16-15(17,18)9-21-4-3-19-12(21)8-22-7-10(6-20-22)13-11(14(23)24)2-1-5-25-13/h3-4,6-7,11,13H,1-2,5,8-9H2,(H,23,24)/t11-,13+/m1/s1. The minimum absolute atomic E-state index is 0.0491. The number of carboxylic acids is 1. The van der Waals surface area contributed by atoms with Crippen LogP contribution in [0.3, 0.4) is 0 Å². The molecule has 2 atom stereocenters. The van der Waals surface area contributed by atoms with Gasteiger partial charge in [0.25, 0.3) is 0 Å². The molecule has 1 fully saturated rings. The van der Waals surface area contributed by atoms with Gasteiger partial charge in [-0.05, 0) is 12.8 Å². The van der Waals surface area contributed by atoms with Crippen LogP contribution in [0.5, 0.6) is 0 Å². The highest BCUT2D eigenvalue weighted by Crippen LogP contribution is 2.33. The third kappa shape index (κ3) is 4.19. The third-order valence-electron chi connectivity index (χ3n) is 4.08. The molecule has 0 aromatic carbocycles. The molecule has 1 N–H and O–H groups in total. The average Bonchev–Trinajstić information content (AvgIpc) is 3.16. The van der Waals surface area contributed by atoms with Crippen LogP contribution in [-0.2, 0) is 22.6 Å². The van der Waals surface area contributed by atoms with Crippen molar-refractivity contribution in [2.24, 2.45) is 5.92 Å². The van der Waals surface area contributed by atoms with Gasteiger partial charge in [-0.25, -0.2) is 4.98 Å². The summed E-state index contributed by atoms with van der Waals surface area (Å²) in [6.45, 7) is -0.605. The molecule has 0 spiro atoms. The lowest BCUT2D eigenvalue weighted by molar-refractivity contribution is -0.152. The SMILES string of the molecule is O=C(O)[C@@H]1CCCO[C@H]1c1cnn(Cc2nccn2CC(F)(F)F)c1. The highest BCUT2D eigenvalue weighted by Gasteiger charge is 2.34. The highest BCUT2D eigenvalue weighted by molar-refractivity contribution is 5.71. The van der Waals surface area contributed by atoms with Crippen LogP contribution < -0.4 is 0 Å². The second kappa shape index (κ2) is 6.87. The fourth-order valence-corrected chi connectivity index (χ4v) is 2.95. The smallest absolute Gasteiger partial charge is 0.406 e. The van der Waals surface area contributed by atoms with Crippen molar-refractivity contribution in [2.75, 3.05) is 6.61 Å². The van der Waals surface area contributed by atoms with Crippen molar-refractivity contribution in [2.45, 2.75) is 38.2 Å². The van der Waals surface area contributed by atoms with Gasteiger partial charge in [-0.2, -0.15) is 18.3 Å². The lowest BCUT2D eigenvalue weighted by Crippen LogP contribution is -2.28. The van der Waals surface area contributed by atoms with Crippen LogP contribution in [0.25, 0.3) is 0 Å². The molecule has 10 heteroatoms. The molecule has 0 saturated carbocycles. The number of aliphatic carboxylic acids is 1. The number of hydrogen-bond donors (Lipinski definition) is 1. The van der Waals surface area contributed by atoms with Gasteiger partial charge in [0.05, 0.1) is 24.8 Å². The molecular formula is C15H17F3N4O3. The summed E-state index contributed by atoms with van der Waals surface area (Å²) >= 11 is 0. The van der Waals surface area contributed by atoms with E-state index in [2.05, 4.69) is 10.1 Å². The van der Waals surface area contributed by atoms with Crippen molar-refractivity contribution in [1.82, 2.24) is 19.3 Å². The molecule has 1 aliphatic rings. The molecule has 1 saturated heterocycles. The quantitative estimate of drug-likeness (QED) is 0.886. The van der Waals surface area contributed by atoms with Gasteiger partial charge in [-0.1, -0.05) is 0 Å². The molecule has 0 amide bonds. The fourth-order valence-electron chi connectivity index (χ4n) is 2.95. The zero-order chi connectivity index (χ0) is 18.0. The Bertz CT molecular complexity index is 740. The van der Waals surface area contributed by atoms with E-state index in [4.69, 9.17) is 4.74 Å². The van der Waals surface area contributed by atoms with E-state index in [1.54, 1.807) is 6.20 Å². The molecule has 25 heavy (non-hydrogen) atoms. The maximum atomic E-state index is 12.6. The Hall–Kier alpha value is -2.36. The van der Waals surface area contributed by atoms with Crippen molar-refractivity contribution in [1.29, 1.82) is 0 Å². The summed E-state index contributed by atoms with van der Waals surface area (Å²) in [5.41, 5.74) is 0.598. The van der Waals surface area contributed by atoms with Crippen LogP contribution in [0.1, 0.15) is 30.3 Å². The number of ether oxygens (including phenoxy) is 1. The van der Waals surface area contributed by atoms with Crippen LogP contribution in [0.15, 0.2) is 24.8 Å². The number of imidazole rings is 1. The van der Waals surface area contributed by atoms with Gasteiger partial charge in [0.2, 0.25) is 0 Å². The van der Waals surface area contributed by atoms with Gasteiger partial charge in [-0.3, -0.25) is 9.48 Å². The fraction of sp³-hybridized carbons (Fsp3) is 0.533. The minimum atomic E-state index is -4.34. The van der Waals surface area contributed by atoms with Gasteiger partial charge in [0, 0.05) is 30.8 Å². The van der Waals surface area contributed by atoms with Gasteiger partial charge in [-0.15, -0.1) is 0 Å². The van der Waals surface area contributed by atoms with E-state index >= 15 is 0 Å². The molecule has 3 heterocycles. The van der Waals surface area contributed by atoms with E-state index < -0.39 is 30.7 Å². The molecule has 7 nitrogen and oxygen atoms in total. The number of carboxylic acid groups (broad SMARTS) is 1. The first-order valence-electron chi connectivity index (χ1n) is 7.77. The largest absolute Gasteiger partial charge is 0.481 e. The van der Waals surface area contributed by atoms with Crippen molar-refractivity contribution >= 4 is 5.97 Å². The maximum Gasteiger partial charge on any atom is 0.406 e. The molecule has 0 unspecified atom stereocenters. The molecule has 0 radical (unpaired) electrons. The summed E-state index contributed by atoms with van der Waals surface area (Å²) in [6.07, 6.45) is 1.90. The van der Waals surface area contributed by atoms with Gasteiger partial charge in [0.15, 0.2) is 0 Å². The summed E-state index contributed by atoms with van der Waals surface area (Å²) < 4.78 is 45.7. The van der Waals surface area contributed by atoms with E-state index in [1.807, 2.05) is 0 Å². The predicted octanol–water partition coefficient (Wildman–Crippen LogP) is 2.24. The predicted molar refractivity (Wildman–Crippen MR) is 78.7 cm³/mol. The van der Waals surface area contributed by atoms with E-state index in [1.165, 1.54) is 23.3 Å². The number of halogens is 3. The second-order valence-corrected chi connectivity index (χ2v) is 5.94. The number of nitrogens with zero attached hydrogens (tertiary/aromatic N) is 4. The molecule has 3 rings (SSSR count). The number of alkyl halides is 3. The maximum absolute atomic E-state index is 12.6. The summed E-state index contributed by atoms with van der Waals surface area (Å²) in [7, 11) is 0. The van der Waals surface area contributed by atoms with Crippen LogP contribution in [0.4, 0.5) is 13.2 Å². The first-order valence-corrected chi connectivity index (χ1v) is 7.77. The Labute approximate surface area is 141 Å². The summed E-state index contributed by atoms with van der Waals surface area (Å²) in [4.78, 5) is 15.3. The van der Waals surface area contributed by atoms with Crippen LogP contribution in [0.2, 0.25) is 0 Å². The highest BCUT2D eigenvalue weighted by atomic mass is 19.4. The zero-order valence-electron chi connectivity index (χ0n) is 13.2. The summed E-state index contributed by atoms with van der Waals surface area (Å²) in [5.74, 6) is -1.37. The lowest BCUT2D eigenvalue weighted by Gasteiger charge is -2.28. The Morgan fingerprint density at radius 3 is 2.96 bits per heavy atom. The first kappa shape index (κ1) is 17.5. The van der Waals surface area contributed by atoms with Crippen molar-refractivity contribution in [3.8, 4) is 0 Å². The van der Waals surface area contributed by atoms with Gasteiger partial charge >= 0.3 is 12.1 Å². The van der Waals surface area contributed by atoms with Crippen LogP contribution >= 0.6 is 0 Å². The number of carbonyl (C=O) groups is 1. The summed E-state index contributed by atoms with van der Waals surface area (Å²) in [5, 5.41) is 13.4. The Kier molecular flexibility index (Phi) is 4.80. The molecular weight excluding hydrogens is 341 g/mol. The number of aromatic nitrogens is 4. The van der Waals surface area contributed by atoms with E-state index in [9.17, 15) is 23.1 Å². The van der Waals surface area contributed by atoms with E-state index in [0.717, 1.165) is 4.57 Å². The van der Waals surface area contributed by atoms with Crippen molar-refractivity contribution in [3.63, 3.8) is 0 Å². The molecule has 1 aliphatic heterocycles. The molecule has 2 aromatic heterocycles. The Balaban J connectivity index is 1.74. The lowest BCUT2D eigenvalue weighted by atomic mass is 9.91. The molecule has 0 aliphatic carbocycles. The zero-order valence-corrected chi connectivity index (χ0v) is 13.2. The molecule has 136 valence electrons. The van der Waals surface area contributed by atoms with Crippen LogP contribution in [0, 0.1) is 5.92 Å². The minimum Gasteiger partial charge on any atom is -0.481 e. The average molecular weight is 358 g/mol. The van der Waals surface area contributed by atoms with Crippen molar-refractivity contribution in [3.05, 3.63) is 36.2 Å². The molecule has 0 bridgehead atoms. The topological polar surface area (TPSA) is 82.2 Å². The normalized spacial score (nSPS) is 21.4. The van der Waals surface area contributed by atoms with Crippen LogP contribution in [-0.4, -0.2) is 43.2 Å². The summed E-state index contributed by atoms with van der Waals surface area (Å²) in [6, 6.07) is 0. The monoisotopic (exact) mass is 358 g/mol. The number of rotatable bonds is 5. The first-order chi connectivity index (χ1) is 11.8.